The number of carbonyl (C=O) groups is 2. The number of rotatable bonds is 10. The van der Waals surface area contributed by atoms with Gasteiger partial charge in [0.1, 0.15) is 24.6 Å². The lowest BCUT2D eigenvalue weighted by molar-refractivity contribution is -0.165. The van der Waals surface area contributed by atoms with E-state index in [2.05, 4.69) is 4.72 Å². The predicted molar refractivity (Wildman–Crippen MR) is 119 cm³/mol. The molecule has 170 valence electrons. The summed E-state index contributed by atoms with van der Waals surface area (Å²) < 4.78 is 24.8. The summed E-state index contributed by atoms with van der Waals surface area (Å²) in [6.45, 7) is 2.11. The molecule has 31 heavy (non-hydrogen) atoms. The topological polar surface area (TPSA) is 83.1 Å². The molecule has 1 aromatic carbocycles. The molecule has 1 saturated carbocycles. The summed E-state index contributed by atoms with van der Waals surface area (Å²) in [5.74, 6) is 0.936. The molecule has 0 bridgehead atoms. The summed E-state index contributed by atoms with van der Waals surface area (Å²) in [5, 5.41) is 0. The molecular weight excluding hydrogens is 418 g/mol. The highest BCUT2D eigenvalue weighted by Gasteiger charge is 2.35. The first-order valence-electron chi connectivity index (χ1n) is 10.8. The quantitative estimate of drug-likeness (QED) is 0.326. The van der Waals surface area contributed by atoms with E-state index in [1.165, 1.54) is 0 Å². The number of allylic oxidation sites excluding steroid dienone is 1. The third-order valence-electron chi connectivity index (χ3n) is 5.78. The second-order valence-corrected chi connectivity index (χ2v) is 8.62. The van der Waals surface area contributed by atoms with Crippen LogP contribution in [0.5, 0.6) is 5.75 Å². The Labute approximate surface area is 188 Å². The zero-order valence-corrected chi connectivity index (χ0v) is 19.0. The van der Waals surface area contributed by atoms with E-state index in [1.807, 2.05) is 25.3 Å². The highest BCUT2D eigenvalue weighted by atomic mass is 32.2. The second kappa shape index (κ2) is 11.4. The fourth-order valence-corrected chi connectivity index (χ4v) is 4.73. The predicted octanol–water partition coefficient (Wildman–Crippen LogP) is 3.98. The number of benzene rings is 1. The number of hydrogen-bond acceptors (Lipinski definition) is 8. The van der Waals surface area contributed by atoms with Gasteiger partial charge in [0.15, 0.2) is 0 Å². The normalized spacial score (nSPS) is 19.5. The van der Waals surface area contributed by atoms with Gasteiger partial charge in [-0.3, -0.25) is 0 Å². The maximum Gasteiger partial charge on any atom is 0.338 e. The number of carbonyl (C=O) groups excluding carboxylic acids is 2. The van der Waals surface area contributed by atoms with Crippen LogP contribution in [0.15, 0.2) is 30.5 Å². The summed E-state index contributed by atoms with van der Waals surface area (Å²) >= 11 is 1.60. The number of methoxy groups -OCH3 is 1. The average molecular weight is 450 g/mol. The Morgan fingerprint density at radius 2 is 2.03 bits per heavy atom. The van der Waals surface area contributed by atoms with Gasteiger partial charge in [-0.25, -0.2) is 9.59 Å². The highest BCUT2D eigenvalue weighted by molar-refractivity contribution is 7.97. The lowest BCUT2D eigenvalue weighted by atomic mass is 9.97. The lowest BCUT2D eigenvalue weighted by Crippen LogP contribution is -2.33. The van der Waals surface area contributed by atoms with Crippen LogP contribution >= 0.6 is 11.9 Å². The molecule has 2 aliphatic rings. The van der Waals surface area contributed by atoms with Crippen molar-refractivity contribution in [2.24, 2.45) is 0 Å². The van der Waals surface area contributed by atoms with Crippen LogP contribution in [0.2, 0.25) is 0 Å². The molecule has 1 atom stereocenters. The number of esters is 2. The van der Waals surface area contributed by atoms with Crippen molar-refractivity contribution in [1.82, 2.24) is 4.72 Å². The fraction of sp³-hybridized carbons (Fsp3) is 0.565. The fourth-order valence-electron chi connectivity index (χ4n) is 3.99. The van der Waals surface area contributed by atoms with Crippen LogP contribution in [0.4, 0.5) is 0 Å². The molecule has 0 aromatic heterocycles. The van der Waals surface area contributed by atoms with Gasteiger partial charge in [0, 0.05) is 23.4 Å². The van der Waals surface area contributed by atoms with E-state index in [1.54, 1.807) is 31.2 Å². The summed E-state index contributed by atoms with van der Waals surface area (Å²) in [4.78, 5) is 24.5. The minimum Gasteiger partial charge on any atom is -0.496 e. The van der Waals surface area contributed by atoms with Crippen molar-refractivity contribution in [2.45, 2.75) is 50.5 Å². The first kappa shape index (κ1) is 23.5. The van der Waals surface area contributed by atoms with E-state index in [0.29, 0.717) is 5.56 Å². The van der Waals surface area contributed by atoms with E-state index in [0.717, 1.165) is 49.2 Å². The monoisotopic (exact) mass is 449 g/mol. The van der Waals surface area contributed by atoms with E-state index in [9.17, 15) is 9.59 Å². The minimum absolute atomic E-state index is 0.0650. The molecule has 3 rings (SSSR count). The van der Waals surface area contributed by atoms with Crippen molar-refractivity contribution in [2.75, 3.05) is 32.7 Å². The first-order valence-corrected chi connectivity index (χ1v) is 11.7. The van der Waals surface area contributed by atoms with Gasteiger partial charge < -0.3 is 23.7 Å². The van der Waals surface area contributed by atoms with Crippen LogP contribution in [0.3, 0.4) is 0 Å². The van der Waals surface area contributed by atoms with Crippen molar-refractivity contribution in [3.05, 3.63) is 41.6 Å². The van der Waals surface area contributed by atoms with Gasteiger partial charge in [0.05, 0.1) is 19.3 Å². The molecule has 7 nitrogen and oxygen atoms in total. The van der Waals surface area contributed by atoms with Crippen LogP contribution in [0, 0.1) is 0 Å². The molecule has 1 fully saturated rings. The Balaban J connectivity index is 1.44. The third-order valence-corrected chi connectivity index (χ3v) is 6.61. The van der Waals surface area contributed by atoms with Crippen molar-refractivity contribution in [1.29, 1.82) is 0 Å². The van der Waals surface area contributed by atoms with Gasteiger partial charge in [0.25, 0.3) is 0 Å². The Morgan fingerprint density at radius 1 is 1.23 bits per heavy atom. The highest BCUT2D eigenvalue weighted by Crippen LogP contribution is 2.36. The number of nitrogens with one attached hydrogen (secondary N) is 1. The lowest BCUT2D eigenvalue weighted by Gasteiger charge is -2.27. The third kappa shape index (κ3) is 6.40. The molecule has 1 heterocycles. The molecule has 1 unspecified atom stereocenters. The molecule has 1 aliphatic carbocycles. The Hall–Kier alpha value is -2.19. The molecule has 0 radical (unpaired) electrons. The molecule has 1 aromatic rings. The van der Waals surface area contributed by atoms with Gasteiger partial charge >= 0.3 is 11.9 Å². The first-order chi connectivity index (χ1) is 15.1. The molecule has 0 saturated heterocycles. The maximum absolute atomic E-state index is 12.4. The van der Waals surface area contributed by atoms with Crippen molar-refractivity contribution in [3.63, 3.8) is 0 Å². The standard InChI is InChI=1S/C23H31NO6S/c1-3-23(9-4-5-10-23)30-21(25)15-28-12-13-29-22(26)17-6-7-20(27-2)19(14-17)18-8-11-24-31-16-18/h6-8,11,14,18,24H,3-5,9-10,12-13,15-16H2,1-2H3. The van der Waals surface area contributed by atoms with Gasteiger partial charge in [-0.15, -0.1) is 0 Å². The van der Waals surface area contributed by atoms with E-state index < -0.39 is 5.97 Å². The summed E-state index contributed by atoms with van der Waals surface area (Å²) in [7, 11) is 1.62. The van der Waals surface area contributed by atoms with Crippen molar-refractivity contribution >= 4 is 23.9 Å². The van der Waals surface area contributed by atoms with Crippen LogP contribution in [0.1, 0.15) is 60.9 Å². The molecular formula is C23H31NO6S. The average Bonchev–Trinajstić information content (AvgIpc) is 3.27. The SMILES string of the molecule is CCC1(OC(=O)COCCOC(=O)c2ccc(OC)c(C3C=CNSC3)c2)CCCC1. The molecule has 1 aliphatic heterocycles. The van der Waals surface area contributed by atoms with Gasteiger partial charge in [-0.05, 0) is 50.3 Å². The molecule has 0 amide bonds. The summed E-state index contributed by atoms with van der Waals surface area (Å²) in [5.41, 5.74) is 1.08. The van der Waals surface area contributed by atoms with Gasteiger partial charge in [-0.1, -0.05) is 24.9 Å². The zero-order chi connectivity index (χ0) is 22.1. The summed E-state index contributed by atoms with van der Waals surface area (Å²) in [6.07, 6.45) is 8.79. The number of ether oxygens (including phenoxy) is 4. The van der Waals surface area contributed by atoms with E-state index >= 15 is 0 Å². The maximum atomic E-state index is 12.4. The Morgan fingerprint density at radius 3 is 2.71 bits per heavy atom. The van der Waals surface area contributed by atoms with Crippen LogP contribution in [-0.4, -0.2) is 50.2 Å². The van der Waals surface area contributed by atoms with Crippen LogP contribution < -0.4 is 9.46 Å². The Kier molecular flexibility index (Phi) is 8.66. The summed E-state index contributed by atoms with van der Waals surface area (Å²) in [6, 6.07) is 5.28. The molecule has 1 N–H and O–H groups in total. The van der Waals surface area contributed by atoms with Crippen LogP contribution in [0.25, 0.3) is 0 Å². The van der Waals surface area contributed by atoms with E-state index in [-0.39, 0.29) is 37.3 Å². The Bertz CT molecular complexity index is 790. The molecule has 8 heteroatoms. The molecule has 0 spiro atoms. The minimum atomic E-state index is -0.434. The van der Waals surface area contributed by atoms with Gasteiger partial charge in [0.2, 0.25) is 0 Å². The second-order valence-electron chi connectivity index (χ2n) is 7.76. The van der Waals surface area contributed by atoms with E-state index in [4.69, 9.17) is 18.9 Å². The largest absolute Gasteiger partial charge is 0.496 e. The zero-order valence-electron chi connectivity index (χ0n) is 18.2. The van der Waals surface area contributed by atoms with Crippen molar-refractivity contribution < 1.29 is 28.5 Å². The number of hydrogen-bond donors (Lipinski definition) is 1. The van der Waals surface area contributed by atoms with Crippen LogP contribution in [-0.2, 0) is 19.0 Å². The smallest absolute Gasteiger partial charge is 0.338 e. The van der Waals surface area contributed by atoms with Crippen molar-refractivity contribution in [3.8, 4) is 5.75 Å². The van der Waals surface area contributed by atoms with Gasteiger partial charge in [-0.2, -0.15) is 0 Å².